The number of anilines is 1. The highest BCUT2D eigenvalue weighted by molar-refractivity contribution is 6.45. The van der Waals surface area contributed by atoms with E-state index in [1.165, 1.54) is 17.0 Å². The fourth-order valence-electron chi connectivity index (χ4n) is 4.18. The SMILES string of the molecule is CC(C)c1ccc(N2C(=O)C(c3ccc([N+](=O)[O-])cc3)=C(N3CCCCC3)C2=O)cc1. The molecule has 0 N–H and O–H groups in total. The van der Waals surface area contributed by atoms with Gasteiger partial charge >= 0.3 is 0 Å². The van der Waals surface area contributed by atoms with Crippen LogP contribution in [-0.2, 0) is 9.59 Å². The fourth-order valence-corrected chi connectivity index (χ4v) is 4.18. The first-order chi connectivity index (χ1) is 14.9. The second-order valence-electron chi connectivity index (χ2n) is 8.27. The average Bonchev–Trinajstić information content (AvgIpc) is 3.04. The maximum atomic E-state index is 13.5. The maximum absolute atomic E-state index is 13.5. The van der Waals surface area contributed by atoms with Gasteiger partial charge in [-0.2, -0.15) is 0 Å². The van der Waals surface area contributed by atoms with Crippen molar-refractivity contribution in [3.63, 3.8) is 0 Å². The number of nitro benzene ring substituents is 1. The van der Waals surface area contributed by atoms with Crippen LogP contribution < -0.4 is 4.90 Å². The van der Waals surface area contributed by atoms with E-state index >= 15 is 0 Å². The fraction of sp³-hybridized carbons (Fsp3) is 0.333. The van der Waals surface area contributed by atoms with Gasteiger partial charge in [-0.25, -0.2) is 4.90 Å². The van der Waals surface area contributed by atoms with Gasteiger partial charge in [0.15, 0.2) is 0 Å². The molecule has 1 saturated heterocycles. The van der Waals surface area contributed by atoms with E-state index in [0.29, 0.717) is 41.5 Å². The van der Waals surface area contributed by atoms with Gasteiger partial charge in [0, 0.05) is 25.2 Å². The Morgan fingerprint density at radius 1 is 0.871 bits per heavy atom. The number of hydrogen-bond donors (Lipinski definition) is 0. The van der Waals surface area contributed by atoms with Crippen molar-refractivity contribution in [2.45, 2.75) is 39.0 Å². The van der Waals surface area contributed by atoms with E-state index in [1.807, 2.05) is 17.0 Å². The lowest BCUT2D eigenvalue weighted by Crippen LogP contribution is -2.37. The van der Waals surface area contributed by atoms with Crippen molar-refractivity contribution < 1.29 is 14.5 Å². The third-order valence-electron chi connectivity index (χ3n) is 5.92. The first kappa shape index (κ1) is 20.8. The lowest BCUT2D eigenvalue weighted by Gasteiger charge is -2.29. The van der Waals surface area contributed by atoms with Crippen molar-refractivity contribution in [3.8, 4) is 0 Å². The number of nitro groups is 1. The van der Waals surface area contributed by atoms with Gasteiger partial charge in [0.2, 0.25) is 0 Å². The zero-order chi connectivity index (χ0) is 22.1. The predicted octanol–water partition coefficient (Wildman–Crippen LogP) is 4.49. The second-order valence-corrected chi connectivity index (χ2v) is 8.27. The molecular formula is C24H25N3O4. The normalized spacial score (nSPS) is 17.1. The van der Waals surface area contributed by atoms with Crippen LogP contribution in [0, 0.1) is 10.1 Å². The molecule has 0 atom stereocenters. The lowest BCUT2D eigenvalue weighted by molar-refractivity contribution is -0.384. The Morgan fingerprint density at radius 2 is 1.48 bits per heavy atom. The summed E-state index contributed by atoms with van der Waals surface area (Å²) in [5, 5.41) is 11.0. The number of nitrogens with zero attached hydrogens (tertiary/aromatic N) is 3. The Kier molecular flexibility index (Phi) is 5.59. The summed E-state index contributed by atoms with van der Waals surface area (Å²) in [7, 11) is 0. The Morgan fingerprint density at radius 3 is 2.03 bits per heavy atom. The summed E-state index contributed by atoms with van der Waals surface area (Å²) in [6.07, 6.45) is 3.02. The number of non-ortho nitro benzene ring substituents is 1. The molecule has 0 bridgehead atoms. The third-order valence-corrected chi connectivity index (χ3v) is 5.92. The first-order valence-electron chi connectivity index (χ1n) is 10.6. The Labute approximate surface area is 181 Å². The van der Waals surface area contributed by atoms with Gasteiger partial charge in [0.05, 0.1) is 16.2 Å². The molecule has 2 aliphatic rings. The minimum Gasteiger partial charge on any atom is -0.366 e. The van der Waals surface area contributed by atoms with Gasteiger partial charge in [0.1, 0.15) is 5.70 Å². The number of rotatable bonds is 5. The van der Waals surface area contributed by atoms with Crippen LogP contribution in [0.4, 0.5) is 11.4 Å². The van der Waals surface area contributed by atoms with Crippen molar-refractivity contribution >= 4 is 28.8 Å². The second kappa shape index (κ2) is 8.34. The number of piperidine rings is 1. The molecule has 1 fully saturated rings. The Hall–Kier alpha value is -3.48. The third kappa shape index (κ3) is 3.83. The molecule has 2 aromatic carbocycles. The Bertz CT molecular complexity index is 1050. The van der Waals surface area contributed by atoms with E-state index in [-0.39, 0.29) is 11.6 Å². The van der Waals surface area contributed by atoms with Crippen LogP contribution in [0.1, 0.15) is 50.2 Å². The zero-order valence-electron chi connectivity index (χ0n) is 17.7. The van der Waals surface area contributed by atoms with Gasteiger partial charge in [-0.15, -0.1) is 0 Å². The lowest BCUT2D eigenvalue weighted by atomic mass is 10.0. The standard InChI is InChI=1S/C24H25N3O4/c1-16(2)17-6-10-19(11-7-17)26-23(28)21(18-8-12-20(13-9-18)27(30)31)22(24(26)29)25-14-4-3-5-15-25/h6-13,16H,3-5,14-15H2,1-2H3. The van der Waals surface area contributed by atoms with Gasteiger partial charge in [0.25, 0.3) is 17.5 Å². The molecule has 2 heterocycles. The quantitative estimate of drug-likeness (QED) is 0.405. The summed E-state index contributed by atoms with van der Waals surface area (Å²) in [4.78, 5) is 40.8. The summed E-state index contributed by atoms with van der Waals surface area (Å²) in [6, 6.07) is 13.3. The predicted molar refractivity (Wildman–Crippen MR) is 118 cm³/mol. The minimum absolute atomic E-state index is 0.0539. The summed E-state index contributed by atoms with van der Waals surface area (Å²) in [5.74, 6) is -0.383. The summed E-state index contributed by atoms with van der Waals surface area (Å²) in [5.41, 5.74) is 2.84. The van der Waals surface area contributed by atoms with E-state index in [9.17, 15) is 19.7 Å². The average molecular weight is 419 g/mol. The first-order valence-corrected chi connectivity index (χ1v) is 10.6. The smallest absolute Gasteiger partial charge is 0.282 e. The molecule has 0 spiro atoms. The molecule has 2 aliphatic heterocycles. The zero-order valence-corrected chi connectivity index (χ0v) is 17.7. The van der Waals surface area contributed by atoms with Gasteiger partial charge in [-0.3, -0.25) is 19.7 Å². The van der Waals surface area contributed by atoms with E-state index in [2.05, 4.69) is 13.8 Å². The molecule has 2 aromatic rings. The molecule has 0 saturated carbocycles. The number of amides is 2. The van der Waals surface area contributed by atoms with Crippen LogP contribution in [0.2, 0.25) is 0 Å². The molecule has 0 unspecified atom stereocenters. The molecule has 4 rings (SSSR count). The molecule has 7 heteroatoms. The molecule has 0 aromatic heterocycles. The van der Waals surface area contributed by atoms with Crippen molar-refractivity contribution in [1.82, 2.24) is 4.90 Å². The van der Waals surface area contributed by atoms with Crippen LogP contribution in [-0.4, -0.2) is 34.7 Å². The van der Waals surface area contributed by atoms with Crippen molar-refractivity contribution in [2.75, 3.05) is 18.0 Å². The van der Waals surface area contributed by atoms with Gasteiger partial charge in [-0.05, 0) is 60.6 Å². The van der Waals surface area contributed by atoms with E-state index in [0.717, 1.165) is 24.8 Å². The van der Waals surface area contributed by atoms with Crippen LogP contribution >= 0.6 is 0 Å². The summed E-state index contributed by atoms with van der Waals surface area (Å²) in [6.45, 7) is 5.60. The largest absolute Gasteiger partial charge is 0.366 e. The van der Waals surface area contributed by atoms with Gasteiger partial charge in [-0.1, -0.05) is 26.0 Å². The van der Waals surface area contributed by atoms with Crippen LogP contribution in [0.25, 0.3) is 5.57 Å². The van der Waals surface area contributed by atoms with Gasteiger partial charge < -0.3 is 4.90 Å². The molecule has 31 heavy (non-hydrogen) atoms. The molecule has 2 amide bonds. The number of likely N-dealkylation sites (tertiary alicyclic amines) is 1. The van der Waals surface area contributed by atoms with Crippen molar-refractivity contribution in [3.05, 3.63) is 75.5 Å². The van der Waals surface area contributed by atoms with Crippen LogP contribution in [0.5, 0.6) is 0 Å². The highest BCUT2D eigenvalue weighted by atomic mass is 16.6. The highest BCUT2D eigenvalue weighted by Gasteiger charge is 2.42. The van der Waals surface area contributed by atoms with Crippen molar-refractivity contribution in [1.29, 1.82) is 0 Å². The Balaban J connectivity index is 1.77. The van der Waals surface area contributed by atoms with Crippen molar-refractivity contribution in [2.24, 2.45) is 0 Å². The number of imide groups is 1. The van der Waals surface area contributed by atoms with E-state index in [1.54, 1.807) is 24.3 Å². The summed E-state index contributed by atoms with van der Waals surface area (Å²) < 4.78 is 0. The molecule has 0 radical (unpaired) electrons. The van der Waals surface area contributed by atoms with E-state index in [4.69, 9.17) is 0 Å². The maximum Gasteiger partial charge on any atom is 0.282 e. The monoisotopic (exact) mass is 419 g/mol. The number of benzene rings is 2. The number of hydrogen-bond acceptors (Lipinski definition) is 5. The minimum atomic E-state index is -0.478. The highest BCUT2D eigenvalue weighted by Crippen LogP contribution is 2.36. The molecule has 160 valence electrons. The number of carbonyl (C=O) groups excluding carboxylic acids is 2. The molecule has 0 aliphatic carbocycles. The van der Waals surface area contributed by atoms with Crippen LogP contribution in [0.15, 0.2) is 54.2 Å². The van der Waals surface area contributed by atoms with E-state index < -0.39 is 10.8 Å². The molecule has 7 nitrogen and oxygen atoms in total. The molecular weight excluding hydrogens is 394 g/mol. The van der Waals surface area contributed by atoms with Crippen LogP contribution in [0.3, 0.4) is 0 Å². The summed E-state index contributed by atoms with van der Waals surface area (Å²) >= 11 is 0. The topological polar surface area (TPSA) is 83.8 Å². The number of carbonyl (C=O) groups is 2.